The number of aliphatic hydroxyl groups excluding tert-OH is 1. The van der Waals surface area contributed by atoms with E-state index in [1.807, 2.05) is 6.92 Å². The molecule has 3 atom stereocenters. The number of nitro benzene ring substituents is 1. The van der Waals surface area contributed by atoms with Crippen molar-refractivity contribution in [3.8, 4) is 5.75 Å². The van der Waals surface area contributed by atoms with Crippen LogP contribution in [0.4, 0.5) is 5.69 Å². The standard InChI is InChI=1S/C14H18N2O5/c1-9-6-13(9)14(18)15-7-11(17)8-21-12-4-2-10(3-5-12)16(19)20/h2-5,9,11,13,17H,6-8H2,1H3,(H,15,18)/t9-,11-,13-/m0/s1. The molecule has 1 amide bonds. The average Bonchev–Trinajstić information content (AvgIpc) is 3.20. The third-order valence-electron chi connectivity index (χ3n) is 3.45. The molecule has 0 heterocycles. The molecular formula is C14H18N2O5. The summed E-state index contributed by atoms with van der Waals surface area (Å²) in [7, 11) is 0. The molecule has 114 valence electrons. The van der Waals surface area contributed by atoms with Crippen LogP contribution in [0.2, 0.25) is 0 Å². The third kappa shape index (κ3) is 4.42. The van der Waals surface area contributed by atoms with Gasteiger partial charge >= 0.3 is 0 Å². The first-order valence-corrected chi connectivity index (χ1v) is 6.80. The Bertz CT molecular complexity index is 517. The highest BCUT2D eigenvalue weighted by Gasteiger charge is 2.38. The molecule has 1 aliphatic rings. The van der Waals surface area contributed by atoms with E-state index in [0.717, 1.165) is 6.42 Å². The number of ether oxygens (including phenoxy) is 1. The lowest BCUT2D eigenvalue weighted by Crippen LogP contribution is -2.36. The smallest absolute Gasteiger partial charge is 0.269 e. The van der Waals surface area contributed by atoms with Crippen molar-refractivity contribution in [2.45, 2.75) is 19.4 Å². The monoisotopic (exact) mass is 294 g/mol. The van der Waals surface area contributed by atoms with Gasteiger partial charge in [-0.05, 0) is 24.5 Å². The minimum absolute atomic E-state index is 0.0122. The van der Waals surface area contributed by atoms with Crippen LogP contribution < -0.4 is 10.1 Å². The Morgan fingerprint density at radius 2 is 2.14 bits per heavy atom. The van der Waals surface area contributed by atoms with Crippen molar-refractivity contribution in [1.82, 2.24) is 5.32 Å². The summed E-state index contributed by atoms with van der Waals surface area (Å²) in [5.41, 5.74) is -0.0197. The molecule has 7 heteroatoms. The van der Waals surface area contributed by atoms with Gasteiger partial charge in [-0.1, -0.05) is 6.92 Å². The molecule has 0 unspecified atom stereocenters. The summed E-state index contributed by atoms with van der Waals surface area (Å²) in [4.78, 5) is 21.6. The number of benzene rings is 1. The fraction of sp³-hybridized carbons (Fsp3) is 0.500. The minimum atomic E-state index is -0.821. The molecule has 1 aliphatic carbocycles. The van der Waals surface area contributed by atoms with E-state index in [9.17, 15) is 20.0 Å². The maximum absolute atomic E-state index is 11.6. The number of nitro groups is 1. The summed E-state index contributed by atoms with van der Waals surface area (Å²) in [6.45, 7) is 2.16. The van der Waals surface area contributed by atoms with Crippen molar-refractivity contribution in [2.24, 2.45) is 11.8 Å². The summed E-state index contributed by atoms with van der Waals surface area (Å²) >= 11 is 0. The van der Waals surface area contributed by atoms with E-state index < -0.39 is 11.0 Å². The molecule has 0 saturated heterocycles. The van der Waals surface area contributed by atoms with Crippen LogP contribution >= 0.6 is 0 Å². The van der Waals surface area contributed by atoms with Crippen molar-refractivity contribution < 1.29 is 19.6 Å². The van der Waals surface area contributed by atoms with E-state index in [1.54, 1.807) is 0 Å². The fourth-order valence-corrected chi connectivity index (χ4v) is 1.95. The largest absolute Gasteiger partial charge is 0.491 e. The van der Waals surface area contributed by atoms with Gasteiger partial charge in [-0.2, -0.15) is 0 Å². The summed E-state index contributed by atoms with van der Waals surface area (Å²) in [6.07, 6.45) is 0.0829. The number of nitrogens with zero attached hydrogens (tertiary/aromatic N) is 1. The summed E-state index contributed by atoms with van der Waals surface area (Å²) in [5.74, 6) is 0.907. The van der Waals surface area contributed by atoms with Crippen molar-refractivity contribution in [1.29, 1.82) is 0 Å². The number of carbonyl (C=O) groups is 1. The molecule has 1 aromatic rings. The Morgan fingerprint density at radius 1 is 1.52 bits per heavy atom. The fourth-order valence-electron chi connectivity index (χ4n) is 1.95. The lowest BCUT2D eigenvalue weighted by Gasteiger charge is -2.13. The molecule has 21 heavy (non-hydrogen) atoms. The molecule has 1 fully saturated rings. The highest BCUT2D eigenvalue weighted by molar-refractivity contribution is 5.81. The molecule has 0 aliphatic heterocycles. The van der Waals surface area contributed by atoms with Gasteiger partial charge in [0.1, 0.15) is 18.5 Å². The van der Waals surface area contributed by atoms with Crippen molar-refractivity contribution in [3.63, 3.8) is 0 Å². The number of non-ortho nitro benzene ring substituents is 1. The Kier molecular flexibility index (Phi) is 4.74. The molecule has 0 aromatic heterocycles. The average molecular weight is 294 g/mol. The third-order valence-corrected chi connectivity index (χ3v) is 3.45. The van der Waals surface area contributed by atoms with Crippen LogP contribution in [0.1, 0.15) is 13.3 Å². The lowest BCUT2D eigenvalue weighted by molar-refractivity contribution is -0.384. The number of hydrogen-bond donors (Lipinski definition) is 2. The molecule has 2 N–H and O–H groups in total. The second-order valence-electron chi connectivity index (χ2n) is 5.28. The summed E-state index contributed by atoms with van der Waals surface area (Å²) in [6, 6.07) is 5.60. The number of aliphatic hydroxyl groups is 1. The van der Waals surface area contributed by atoms with E-state index in [0.29, 0.717) is 11.7 Å². The van der Waals surface area contributed by atoms with Crippen LogP contribution in [0.3, 0.4) is 0 Å². The van der Waals surface area contributed by atoms with Gasteiger partial charge < -0.3 is 15.2 Å². The Balaban J connectivity index is 1.69. The van der Waals surface area contributed by atoms with Crippen LogP contribution in [-0.4, -0.2) is 35.2 Å². The molecule has 0 radical (unpaired) electrons. The highest BCUT2D eigenvalue weighted by atomic mass is 16.6. The van der Waals surface area contributed by atoms with E-state index in [1.165, 1.54) is 24.3 Å². The molecule has 0 spiro atoms. The first kappa shape index (κ1) is 15.2. The second kappa shape index (κ2) is 6.53. The minimum Gasteiger partial charge on any atom is -0.491 e. The van der Waals surface area contributed by atoms with E-state index in [2.05, 4.69) is 5.32 Å². The molecule has 1 aromatic carbocycles. The second-order valence-corrected chi connectivity index (χ2v) is 5.28. The van der Waals surface area contributed by atoms with Crippen molar-refractivity contribution >= 4 is 11.6 Å². The first-order chi connectivity index (χ1) is 9.97. The maximum atomic E-state index is 11.6. The molecular weight excluding hydrogens is 276 g/mol. The van der Waals surface area contributed by atoms with Crippen LogP contribution in [0.15, 0.2) is 24.3 Å². The Morgan fingerprint density at radius 3 is 2.67 bits per heavy atom. The number of carbonyl (C=O) groups excluding carboxylic acids is 1. The predicted octanol–water partition coefficient (Wildman–Crippen LogP) is 1.11. The number of nitrogens with one attached hydrogen (secondary N) is 1. The summed E-state index contributed by atoms with van der Waals surface area (Å²) < 4.78 is 5.31. The Hall–Kier alpha value is -2.15. The SMILES string of the molecule is C[C@H]1C[C@@H]1C(=O)NC[C@H](O)COc1ccc([N+](=O)[O-])cc1. The Labute approximate surface area is 122 Å². The van der Waals surface area contributed by atoms with Gasteiger partial charge in [0.25, 0.3) is 5.69 Å². The van der Waals surface area contributed by atoms with Crippen LogP contribution in [0.5, 0.6) is 5.75 Å². The van der Waals surface area contributed by atoms with Gasteiger partial charge in [0.05, 0.1) is 4.92 Å². The molecule has 1 saturated carbocycles. The molecule has 2 rings (SSSR count). The zero-order chi connectivity index (χ0) is 15.4. The normalized spacial score (nSPS) is 21.4. The van der Waals surface area contributed by atoms with E-state index in [-0.39, 0.29) is 30.7 Å². The summed E-state index contributed by atoms with van der Waals surface area (Å²) in [5, 5.41) is 22.9. The zero-order valence-electron chi connectivity index (χ0n) is 11.7. The van der Waals surface area contributed by atoms with Gasteiger partial charge in [0.2, 0.25) is 5.91 Å². The quantitative estimate of drug-likeness (QED) is 0.579. The number of hydrogen-bond acceptors (Lipinski definition) is 5. The number of amides is 1. The zero-order valence-corrected chi connectivity index (χ0v) is 11.7. The maximum Gasteiger partial charge on any atom is 0.269 e. The highest BCUT2D eigenvalue weighted by Crippen LogP contribution is 2.37. The van der Waals surface area contributed by atoms with Gasteiger partial charge in [-0.25, -0.2) is 0 Å². The van der Waals surface area contributed by atoms with E-state index in [4.69, 9.17) is 4.74 Å². The topological polar surface area (TPSA) is 102 Å². The van der Waals surface area contributed by atoms with Crippen LogP contribution in [0.25, 0.3) is 0 Å². The van der Waals surface area contributed by atoms with E-state index >= 15 is 0 Å². The molecule has 7 nitrogen and oxygen atoms in total. The van der Waals surface area contributed by atoms with Gasteiger partial charge in [0, 0.05) is 24.6 Å². The van der Waals surface area contributed by atoms with Gasteiger partial charge in [-0.3, -0.25) is 14.9 Å². The van der Waals surface area contributed by atoms with Crippen molar-refractivity contribution in [3.05, 3.63) is 34.4 Å². The van der Waals surface area contributed by atoms with Gasteiger partial charge in [-0.15, -0.1) is 0 Å². The number of rotatable bonds is 7. The van der Waals surface area contributed by atoms with Crippen LogP contribution in [0, 0.1) is 22.0 Å². The lowest BCUT2D eigenvalue weighted by atomic mass is 10.3. The van der Waals surface area contributed by atoms with Crippen LogP contribution in [-0.2, 0) is 4.79 Å². The molecule has 0 bridgehead atoms. The predicted molar refractivity (Wildman–Crippen MR) is 74.9 cm³/mol. The first-order valence-electron chi connectivity index (χ1n) is 6.80. The van der Waals surface area contributed by atoms with Crippen molar-refractivity contribution in [2.75, 3.05) is 13.2 Å². The van der Waals surface area contributed by atoms with Gasteiger partial charge in [0.15, 0.2) is 0 Å².